The Morgan fingerprint density at radius 3 is 2.95 bits per heavy atom. The lowest BCUT2D eigenvalue weighted by molar-refractivity contribution is -0.138. The van der Waals surface area contributed by atoms with Crippen LogP contribution < -0.4 is 0 Å². The second-order valence-electron chi connectivity index (χ2n) is 3.31. The van der Waals surface area contributed by atoms with Crippen molar-refractivity contribution in [2.75, 3.05) is 0 Å². The number of carboxylic acid groups (broad SMARTS) is 1. The number of fused-ring (bicyclic) bond motifs is 1. The third kappa shape index (κ3) is 2.33. The molecule has 3 heterocycles. The normalized spacial score (nSPS) is 10.9. The second kappa shape index (κ2) is 4.56. The predicted octanol–water partition coefficient (Wildman–Crippen LogP) is -1.26. The first-order chi connectivity index (χ1) is 9.22. The van der Waals surface area contributed by atoms with E-state index in [9.17, 15) is 4.79 Å². The van der Waals surface area contributed by atoms with Crippen LogP contribution in [0.25, 0.3) is 5.65 Å². The maximum atomic E-state index is 10.6. The summed E-state index contributed by atoms with van der Waals surface area (Å²) >= 11 is 1.12. The summed E-state index contributed by atoms with van der Waals surface area (Å²) < 4.78 is 2.42. The van der Waals surface area contributed by atoms with Gasteiger partial charge in [0.2, 0.25) is 5.16 Å². The molecular weight excluding hydrogens is 274 g/mol. The van der Waals surface area contributed by atoms with E-state index in [0.29, 0.717) is 15.8 Å². The van der Waals surface area contributed by atoms with E-state index in [1.165, 1.54) is 9.31 Å². The number of carboxylic acids is 1. The maximum absolute atomic E-state index is 10.6. The van der Waals surface area contributed by atoms with E-state index in [2.05, 4.69) is 36.1 Å². The van der Waals surface area contributed by atoms with Crippen LogP contribution in [0.15, 0.2) is 22.3 Å². The molecule has 0 aliphatic carbocycles. The maximum Gasteiger partial charge on any atom is 0.325 e. The third-order valence-electron chi connectivity index (χ3n) is 2.02. The van der Waals surface area contributed by atoms with E-state index in [4.69, 9.17) is 5.11 Å². The molecule has 3 aromatic heterocycles. The van der Waals surface area contributed by atoms with Gasteiger partial charge in [-0.25, -0.2) is 4.68 Å². The molecule has 0 saturated carbocycles. The molecule has 11 nitrogen and oxygen atoms in total. The Morgan fingerprint density at radius 2 is 2.11 bits per heavy atom. The molecule has 3 aromatic rings. The van der Waals surface area contributed by atoms with Crippen molar-refractivity contribution in [1.82, 2.24) is 45.5 Å². The number of rotatable bonds is 4. The first-order valence-electron chi connectivity index (χ1n) is 4.93. The molecular formula is C7H5N9O2S. The van der Waals surface area contributed by atoms with Crippen molar-refractivity contribution in [2.24, 2.45) is 0 Å². The molecule has 0 atom stereocenters. The number of nitrogens with zero attached hydrogens (tertiary/aromatic N) is 9. The fraction of sp³-hybridized carbons (Fsp3) is 0.143. The standard InChI is InChI=1S/C7H5N9O2S/c17-6(18)3-15-7(9-12-13-15)19-5-2-1-4-8-11-14-16(4)10-5/h1-2H,3H2,(H,17,18). The minimum Gasteiger partial charge on any atom is -0.480 e. The smallest absolute Gasteiger partial charge is 0.325 e. The van der Waals surface area contributed by atoms with E-state index in [0.717, 1.165) is 11.8 Å². The average molecular weight is 279 g/mol. The van der Waals surface area contributed by atoms with Crippen molar-refractivity contribution in [2.45, 2.75) is 16.7 Å². The Bertz CT molecular complexity index is 737. The molecule has 0 unspecified atom stereocenters. The van der Waals surface area contributed by atoms with Crippen molar-refractivity contribution < 1.29 is 9.90 Å². The summed E-state index contributed by atoms with van der Waals surface area (Å²) in [5, 5.41) is 35.3. The van der Waals surface area contributed by atoms with Gasteiger partial charge in [0.25, 0.3) is 0 Å². The molecule has 19 heavy (non-hydrogen) atoms. The van der Waals surface area contributed by atoms with Crippen LogP contribution in [0.5, 0.6) is 0 Å². The lowest BCUT2D eigenvalue weighted by Gasteiger charge is -2.00. The van der Waals surface area contributed by atoms with Crippen molar-refractivity contribution in [1.29, 1.82) is 0 Å². The fourth-order valence-electron chi connectivity index (χ4n) is 1.28. The van der Waals surface area contributed by atoms with Gasteiger partial charge in [0, 0.05) is 0 Å². The lowest BCUT2D eigenvalue weighted by atomic mass is 10.6. The fourth-order valence-corrected chi connectivity index (χ4v) is 2.00. The molecule has 0 saturated heterocycles. The summed E-state index contributed by atoms with van der Waals surface area (Å²) in [7, 11) is 0. The van der Waals surface area contributed by atoms with E-state index in [-0.39, 0.29) is 6.54 Å². The molecule has 0 fully saturated rings. The molecule has 0 aliphatic heterocycles. The highest BCUT2D eigenvalue weighted by Crippen LogP contribution is 2.22. The molecule has 0 spiro atoms. The summed E-state index contributed by atoms with van der Waals surface area (Å²) in [6.07, 6.45) is 0. The molecule has 12 heteroatoms. The Hall–Kier alpha value is -2.63. The number of aliphatic carboxylic acids is 1. The largest absolute Gasteiger partial charge is 0.480 e. The first-order valence-corrected chi connectivity index (χ1v) is 5.75. The van der Waals surface area contributed by atoms with Crippen LogP contribution in [0.4, 0.5) is 0 Å². The van der Waals surface area contributed by atoms with Crippen LogP contribution in [0, 0.1) is 0 Å². The molecule has 0 aliphatic rings. The molecule has 1 N–H and O–H groups in total. The van der Waals surface area contributed by atoms with Gasteiger partial charge in [-0.15, -0.1) is 19.9 Å². The molecule has 0 bridgehead atoms. The van der Waals surface area contributed by atoms with Crippen molar-refractivity contribution in [3.8, 4) is 0 Å². The van der Waals surface area contributed by atoms with E-state index < -0.39 is 5.97 Å². The van der Waals surface area contributed by atoms with Crippen molar-refractivity contribution >= 4 is 23.4 Å². The van der Waals surface area contributed by atoms with Crippen LogP contribution in [0.1, 0.15) is 0 Å². The molecule has 0 amide bonds. The SMILES string of the molecule is O=C(O)Cn1nnnc1Sc1ccc2nnnn2n1. The molecule has 0 aromatic carbocycles. The Morgan fingerprint density at radius 1 is 1.26 bits per heavy atom. The number of aromatic nitrogens is 9. The topological polar surface area (TPSA) is 137 Å². The Kier molecular flexibility index (Phi) is 2.75. The van der Waals surface area contributed by atoms with Crippen LogP contribution in [-0.4, -0.2) is 56.5 Å². The number of hydrogen-bond donors (Lipinski definition) is 1. The number of carbonyl (C=O) groups is 1. The van der Waals surface area contributed by atoms with Crippen molar-refractivity contribution in [3.05, 3.63) is 12.1 Å². The zero-order valence-electron chi connectivity index (χ0n) is 9.15. The summed E-state index contributed by atoms with van der Waals surface area (Å²) in [6, 6.07) is 3.37. The Balaban J connectivity index is 1.87. The van der Waals surface area contributed by atoms with E-state index in [1.54, 1.807) is 12.1 Å². The monoisotopic (exact) mass is 279 g/mol. The number of tetrazole rings is 2. The minimum atomic E-state index is -1.03. The van der Waals surface area contributed by atoms with Gasteiger partial charge in [-0.2, -0.15) is 0 Å². The molecule has 3 rings (SSSR count). The van der Waals surface area contributed by atoms with Gasteiger partial charge in [-0.1, -0.05) is 0 Å². The van der Waals surface area contributed by atoms with Crippen LogP contribution in [0.2, 0.25) is 0 Å². The van der Waals surface area contributed by atoms with Gasteiger partial charge in [0.1, 0.15) is 11.6 Å². The highest BCUT2D eigenvalue weighted by molar-refractivity contribution is 7.99. The van der Waals surface area contributed by atoms with Crippen LogP contribution in [-0.2, 0) is 11.3 Å². The lowest BCUT2D eigenvalue weighted by Crippen LogP contribution is -2.11. The summed E-state index contributed by atoms with van der Waals surface area (Å²) in [6.45, 7) is -0.317. The highest BCUT2D eigenvalue weighted by Gasteiger charge is 2.12. The van der Waals surface area contributed by atoms with Crippen molar-refractivity contribution in [3.63, 3.8) is 0 Å². The predicted molar refractivity (Wildman–Crippen MR) is 58.2 cm³/mol. The van der Waals surface area contributed by atoms with Gasteiger partial charge in [-0.05, 0) is 44.7 Å². The number of hydrogen-bond acceptors (Lipinski definition) is 9. The highest BCUT2D eigenvalue weighted by atomic mass is 32.2. The quantitative estimate of drug-likeness (QED) is 0.615. The molecule has 96 valence electrons. The van der Waals surface area contributed by atoms with Gasteiger partial charge >= 0.3 is 5.97 Å². The summed E-state index contributed by atoms with van der Waals surface area (Å²) in [5.74, 6) is -1.03. The van der Waals surface area contributed by atoms with Gasteiger partial charge in [-0.3, -0.25) is 4.79 Å². The summed E-state index contributed by atoms with van der Waals surface area (Å²) in [5.41, 5.74) is 0.509. The second-order valence-corrected chi connectivity index (χ2v) is 4.30. The minimum absolute atomic E-state index is 0.317. The zero-order chi connectivity index (χ0) is 13.2. The van der Waals surface area contributed by atoms with E-state index in [1.807, 2.05) is 0 Å². The Labute approximate surface area is 108 Å². The zero-order valence-corrected chi connectivity index (χ0v) is 9.97. The first kappa shape index (κ1) is 11.5. The van der Waals surface area contributed by atoms with Gasteiger partial charge < -0.3 is 5.11 Å². The molecule has 0 radical (unpaired) electrons. The van der Waals surface area contributed by atoms with Gasteiger partial charge in [0.05, 0.1) is 0 Å². The van der Waals surface area contributed by atoms with E-state index >= 15 is 0 Å². The summed E-state index contributed by atoms with van der Waals surface area (Å²) in [4.78, 5) is 10.6. The van der Waals surface area contributed by atoms with Crippen LogP contribution in [0.3, 0.4) is 0 Å². The van der Waals surface area contributed by atoms with Crippen LogP contribution >= 0.6 is 11.8 Å². The van der Waals surface area contributed by atoms with Gasteiger partial charge in [0.15, 0.2) is 5.65 Å². The third-order valence-corrected chi connectivity index (χ3v) is 2.93. The average Bonchev–Trinajstić information content (AvgIpc) is 2.98.